The molecule has 0 radical (unpaired) electrons. The quantitative estimate of drug-likeness (QED) is 0.853. The number of rotatable bonds is 3. The molecule has 1 saturated heterocycles. The Kier molecular flexibility index (Phi) is 3.97. The van der Waals surface area contributed by atoms with E-state index in [1.165, 1.54) is 11.1 Å². The second-order valence-corrected chi connectivity index (χ2v) is 4.65. The predicted molar refractivity (Wildman–Crippen MR) is 69.4 cm³/mol. The van der Waals surface area contributed by atoms with Crippen LogP contribution in [0, 0.1) is 6.92 Å². The first-order valence-electron chi connectivity index (χ1n) is 6.23. The number of nitrogens with two attached hydrogens (primary N) is 1. The van der Waals surface area contributed by atoms with E-state index in [0.717, 1.165) is 31.9 Å². The van der Waals surface area contributed by atoms with E-state index in [-0.39, 0.29) is 6.10 Å². The minimum Gasteiger partial charge on any atom is -0.375 e. The van der Waals surface area contributed by atoms with Crippen LogP contribution in [0.15, 0.2) is 12.3 Å². The SMILES string of the molecule is Cc1cc(CCN)cnc1N1CCOC(C)C1. The van der Waals surface area contributed by atoms with E-state index in [1.54, 1.807) is 0 Å². The standard InChI is InChI=1S/C13H21N3O/c1-10-7-12(3-4-14)8-15-13(10)16-5-6-17-11(2)9-16/h7-8,11H,3-6,9,14H2,1-2H3. The summed E-state index contributed by atoms with van der Waals surface area (Å²) >= 11 is 0. The van der Waals surface area contributed by atoms with Crippen LogP contribution in [-0.4, -0.2) is 37.3 Å². The van der Waals surface area contributed by atoms with Crippen molar-refractivity contribution in [3.8, 4) is 0 Å². The van der Waals surface area contributed by atoms with Gasteiger partial charge < -0.3 is 15.4 Å². The normalized spacial score (nSPS) is 20.6. The molecule has 0 aromatic carbocycles. The van der Waals surface area contributed by atoms with Crippen LogP contribution in [0.5, 0.6) is 0 Å². The summed E-state index contributed by atoms with van der Waals surface area (Å²) in [6, 6.07) is 2.19. The molecule has 2 heterocycles. The monoisotopic (exact) mass is 235 g/mol. The molecule has 1 aliphatic heterocycles. The fraction of sp³-hybridized carbons (Fsp3) is 0.615. The van der Waals surface area contributed by atoms with Crippen LogP contribution in [0.3, 0.4) is 0 Å². The summed E-state index contributed by atoms with van der Waals surface area (Å²) < 4.78 is 5.55. The molecule has 1 fully saturated rings. The first-order chi connectivity index (χ1) is 8.20. The van der Waals surface area contributed by atoms with Gasteiger partial charge in [0.1, 0.15) is 5.82 Å². The summed E-state index contributed by atoms with van der Waals surface area (Å²) in [7, 11) is 0. The van der Waals surface area contributed by atoms with Gasteiger partial charge in [-0.1, -0.05) is 6.07 Å². The molecule has 1 unspecified atom stereocenters. The highest BCUT2D eigenvalue weighted by molar-refractivity contribution is 5.47. The molecule has 0 aliphatic carbocycles. The number of pyridine rings is 1. The molecule has 1 aromatic heterocycles. The van der Waals surface area contributed by atoms with Crippen LogP contribution < -0.4 is 10.6 Å². The summed E-state index contributed by atoms with van der Waals surface area (Å²) in [5.41, 5.74) is 8.00. The van der Waals surface area contributed by atoms with Gasteiger partial charge in [-0.2, -0.15) is 0 Å². The lowest BCUT2D eigenvalue weighted by Crippen LogP contribution is -2.41. The van der Waals surface area contributed by atoms with Crippen LogP contribution in [0.2, 0.25) is 0 Å². The third-order valence-corrected chi connectivity index (χ3v) is 3.08. The third-order valence-electron chi connectivity index (χ3n) is 3.08. The van der Waals surface area contributed by atoms with Gasteiger partial charge in [0, 0.05) is 19.3 Å². The molecule has 17 heavy (non-hydrogen) atoms. The average Bonchev–Trinajstić information content (AvgIpc) is 2.29. The molecule has 0 bridgehead atoms. The number of hydrogen-bond acceptors (Lipinski definition) is 4. The smallest absolute Gasteiger partial charge is 0.131 e. The first kappa shape index (κ1) is 12.3. The zero-order valence-corrected chi connectivity index (χ0v) is 10.6. The third kappa shape index (κ3) is 2.96. The van der Waals surface area contributed by atoms with Gasteiger partial charge in [-0.15, -0.1) is 0 Å². The molecule has 0 spiro atoms. The van der Waals surface area contributed by atoms with E-state index >= 15 is 0 Å². The van der Waals surface area contributed by atoms with Crippen LogP contribution in [-0.2, 0) is 11.2 Å². The molecule has 2 rings (SSSR count). The summed E-state index contributed by atoms with van der Waals surface area (Å²) in [5.74, 6) is 1.08. The highest BCUT2D eigenvalue weighted by Gasteiger charge is 2.19. The van der Waals surface area contributed by atoms with Crippen LogP contribution >= 0.6 is 0 Å². The minimum atomic E-state index is 0.286. The van der Waals surface area contributed by atoms with Crippen LogP contribution in [0.25, 0.3) is 0 Å². The van der Waals surface area contributed by atoms with Crippen molar-refractivity contribution >= 4 is 5.82 Å². The highest BCUT2D eigenvalue weighted by atomic mass is 16.5. The molecule has 4 heteroatoms. The van der Waals surface area contributed by atoms with E-state index in [1.807, 2.05) is 6.20 Å². The maximum Gasteiger partial charge on any atom is 0.131 e. The van der Waals surface area contributed by atoms with Crippen molar-refractivity contribution in [2.75, 3.05) is 31.1 Å². The van der Waals surface area contributed by atoms with Gasteiger partial charge in [-0.25, -0.2) is 4.98 Å². The molecule has 0 amide bonds. The van der Waals surface area contributed by atoms with Crippen molar-refractivity contribution in [2.24, 2.45) is 5.73 Å². The van der Waals surface area contributed by atoms with Crippen LogP contribution in [0.4, 0.5) is 5.82 Å². The second kappa shape index (κ2) is 5.47. The molecular weight excluding hydrogens is 214 g/mol. The lowest BCUT2D eigenvalue weighted by atomic mass is 10.1. The Morgan fingerprint density at radius 3 is 3.06 bits per heavy atom. The summed E-state index contributed by atoms with van der Waals surface area (Å²) in [6.07, 6.45) is 3.12. The summed E-state index contributed by atoms with van der Waals surface area (Å²) in [4.78, 5) is 6.87. The van der Waals surface area contributed by atoms with E-state index in [4.69, 9.17) is 10.5 Å². The Morgan fingerprint density at radius 2 is 2.41 bits per heavy atom. The molecule has 1 aromatic rings. The Bertz CT molecular complexity index is 381. The summed E-state index contributed by atoms with van der Waals surface area (Å²) in [6.45, 7) is 7.52. The van der Waals surface area contributed by atoms with Gasteiger partial charge in [-0.3, -0.25) is 0 Å². The predicted octanol–water partition coefficient (Wildman–Crippen LogP) is 1.12. The fourth-order valence-electron chi connectivity index (χ4n) is 2.27. The van der Waals surface area contributed by atoms with Crippen molar-refractivity contribution in [1.82, 2.24) is 4.98 Å². The molecule has 4 nitrogen and oxygen atoms in total. The lowest BCUT2D eigenvalue weighted by molar-refractivity contribution is 0.0529. The van der Waals surface area contributed by atoms with Crippen molar-refractivity contribution in [1.29, 1.82) is 0 Å². The first-order valence-corrected chi connectivity index (χ1v) is 6.23. The molecule has 0 saturated carbocycles. The number of anilines is 1. The van der Waals surface area contributed by atoms with Gasteiger partial charge in [0.2, 0.25) is 0 Å². The maximum absolute atomic E-state index is 5.55. The average molecular weight is 235 g/mol. The van der Waals surface area contributed by atoms with E-state index in [2.05, 4.69) is 29.8 Å². The number of morpholine rings is 1. The van der Waals surface area contributed by atoms with Crippen molar-refractivity contribution < 1.29 is 4.74 Å². The van der Waals surface area contributed by atoms with Crippen molar-refractivity contribution in [3.05, 3.63) is 23.4 Å². The molecule has 1 atom stereocenters. The van der Waals surface area contributed by atoms with Crippen molar-refractivity contribution in [2.45, 2.75) is 26.4 Å². The molecular formula is C13H21N3O. The number of nitrogens with zero attached hydrogens (tertiary/aromatic N) is 2. The number of hydrogen-bond donors (Lipinski definition) is 1. The second-order valence-electron chi connectivity index (χ2n) is 4.65. The number of aryl methyl sites for hydroxylation is 1. The van der Waals surface area contributed by atoms with Crippen molar-refractivity contribution in [3.63, 3.8) is 0 Å². The van der Waals surface area contributed by atoms with E-state index < -0.39 is 0 Å². The van der Waals surface area contributed by atoms with E-state index in [9.17, 15) is 0 Å². The Balaban J connectivity index is 2.15. The Hall–Kier alpha value is -1.13. The van der Waals surface area contributed by atoms with Gasteiger partial charge in [-0.05, 0) is 37.9 Å². The molecule has 1 aliphatic rings. The van der Waals surface area contributed by atoms with Crippen LogP contribution in [0.1, 0.15) is 18.1 Å². The van der Waals surface area contributed by atoms with E-state index in [0.29, 0.717) is 6.54 Å². The number of aromatic nitrogens is 1. The number of ether oxygens (including phenoxy) is 1. The minimum absolute atomic E-state index is 0.286. The highest BCUT2D eigenvalue weighted by Crippen LogP contribution is 2.20. The molecule has 94 valence electrons. The molecule has 2 N–H and O–H groups in total. The topological polar surface area (TPSA) is 51.4 Å². The zero-order chi connectivity index (χ0) is 12.3. The zero-order valence-electron chi connectivity index (χ0n) is 10.6. The van der Waals surface area contributed by atoms with Gasteiger partial charge in [0.25, 0.3) is 0 Å². The Labute approximate surface area is 103 Å². The largest absolute Gasteiger partial charge is 0.375 e. The van der Waals surface area contributed by atoms with Gasteiger partial charge >= 0.3 is 0 Å². The van der Waals surface area contributed by atoms with Gasteiger partial charge in [0.05, 0.1) is 12.7 Å². The maximum atomic E-state index is 5.55. The lowest BCUT2D eigenvalue weighted by Gasteiger charge is -2.33. The fourth-order valence-corrected chi connectivity index (χ4v) is 2.27. The Morgan fingerprint density at radius 1 is 1.59 bits per heavy atom. The van der Waals surface area contributed by atoms with Gasteiger partial charge in [0.15, 0.2) is 0 Å². The summed E-state index contributed by atoms with van der Waals surface area (Å²) in [5, 5.41) is 0.